The molecule has 2 amide bonds. The number of carbonyl (C=O) groups is 3. The van der Waals surface area contributed by atoms with E-state index in [1.807, 2.05) is 29.2 Å². The van der Waals surface area contributed by atoms with E-state index in [4.69, 9.17) is 9.84 Å². The number of alkyl carbamates (subject to hydrolysis) is 1. The van der Waals surface area contributed by atoms with Gasteiger partial charge in [-0.1, -0.05) is 48.5 Å². The molecule has 2 aromatic rings. The van der Waals surface area contributed by atoms with Gasteiger partial charge < -0.3 is 20.1 Å². The first kappa shape index (κ1) is 23.4. The van der Waals surface area contributed by atoms with Crippen LogP contribution in [0.15, 0.2) is 48.5 Å². The van der Waals surface area contributed by atoms with E-state index in [1.54, 1.807) is 0 Å². The minimum atomic E-state index is -0.756. The minimum absolute atomic E-state index is 0.0283. The number of rotatable bonds is 8. The van der Waals surface area contributed by atoms with Crippen molar-refractivity contribution in [1.29, 1.82) is 0 Å². The number of benzene rings is 2. The van der Waals surface area contributed by atoms with Crippen LogP contribution in [0.3, 0.4) is 0 Å². The molecule has 2 N–H and O–H groups in total. The van der Waals surface area contributed by atoms with Crippen molar-refractivity contribution in [2.45, 2.75) is 38.0 Å². The number of hydrogen-bond donors (Lipinski definition) is 2. The second-order valence-corrected chi connectivity index (χ2v) is 10.0. The van der Waals surface area contributed by atoms with E-state index in [2.05, 4.69) is 29.6 Å². The molecule has 1 saturated heterocycles. The van der Waals surface area contributed by atoms with Gasteiger partial charge in [0.15, 0.2) is 0 Å². The highest BCUT2D eigenvalue weighted by molar-refractivity contribution is 5.82. The van der Waals surface area contributed by atoms with Crippen molar-refractivity contribution < 1.29 is 24.2 Å². The fourth-order valence-electron chi connectivity index (χ4n) is 5.64. The highest BCUT2D eigenvalue weighted by atomic mass is 16.5. The molecule has 0 spiro atoms. The topological polar surface area (TPSA) is 95.9 Å². The van der Waals surface area contributed by atoms with Crippen LogP contribution in [0.5, 0.6) is 0 Å². The fourth-order valence-corrected chi connectivity index (χ4v) is 5.64. The van der Waals surface area contributed by atoms with Crippen LogP contribution < -0.4 is 5.32 Å². The zero-order valence-electron chi connectivity index (χ0n) is 19.8. The minimum Gasteiger partial charge on any atom is -0.481 e. The molecule has 1 heterocycles. The van der Waals surface area contributed by atoms with Gasteiger partial charge in [0.25, 0.3) is 0 Å². The Morgan fingerprint density at radius 3 is 2.23 bits per heavy atom. The molecule has 0 aromatic heterocycles. The van der Waals surface area contributed by atoms with Crippen molar-refractivity contribution in [2.24, 2.45) is 17.8 Å². The van der Waals surface area contributed by atoms with Gasteiger partial charge in [-0.25, -0.2) is 4.79 Å². The Morgan fingerprint density at radius 2 is 1.60 bits per heavy atom. The van der Waals surface area contributed by atoms with Crippen LogP contribution in [-0.4, -0.2) is 54.2 Å². The molecule has 1 aliphatic heterocycles. The van der Waals surface area contributed by atoms with Crippen LogP contribution in [0.4, 0.5) is 4.79 Å². The molecule has 5 rings (SSSR count). The highest BCUT2D eigenvalue weighted by Gasteiger charge is 2.45. The van der Waals surface area contributed by atoms with Gasteiger partial charge in [-0.3, -0.25) is 9.59 Å². The number of carbonyl (C=O) groups excluding carboxylic acids is 2. The number of nitrogens with one attached hydrogen (secondary N) is 1. The van der Waals surface area contributed by atoms with E-state index in [-0.39, 0.29) is 36.7 Å². The standard InChI is InChI=1S/C28H32N2O5/c31-26(32)10-9-18-11-13-30(14-12-18)27(33)24-15-19(24)16-29-28(34)35-17-25-22-7-3-1-5-20(22)21-6-2-4-8-23(21)25/h1-8,18-19,24-25H,9-17H2,(H,29,34)(H,31,32)/t19-,24-/m1/s1. The van der Waals surface area contributed by atoms with Crippen molar-refractivity contribution in [1.82, 2.24) is 10.2 Å². The van der Waals surface area contributed by atoms with E-state index < -0.39 is 12.1 Å². The Bertz CT molecular complexity index is 1060. The molecular formula is C28H32N2O5. The number of aliphatic carboxylic acids is 1. The molecule has 7 heteroatoms. The molecule has 1 saturated carbocycles. The zero-order chi connectivity index (χ0) is 24.4. The van der Waals surface area contributed by atoms with E-state index in [9.17, 15) is 14.4 Å². The summed E-state index contributed by atoms with van der Waals surface area (Å²) in [7, 11) is 0. The molecule has 2 aromatic carbocycles. The number of ether oxygens (including phenoxy) is 1. The number of fused-ring (bicyclic) bond motifs is 3. The molecule has 184 valence electrons. The number of likely N-dealkylation sites (tertiary alicyclic amines) is 1. The maximum Gasteiger partial charge on any atom is 0.407 e. The quantitative estimate of drug-likeness (QED) is 0.593. The summed E-state index contributed by atoms with van der Waals surface area (Å²) in [6.45, 7) is 2.13. The summed E-state index contributed by atoms with van der Waals surface area (Å²) in [6, 6.07) is 16.5. The number of hydrogen-bond acceptors (Lipinski definition) is 4. The predicted octanol–water partition coefficient (Wildman–Crippen LogP) is 4.26. The van der Waals surface area contributed by atoms with E-state index in [0.29, 0.717) is 32.0 Å². The summed E-state index contributed by atoms with van der Waals surface area (Å²) in [5, 5.41) is 11.7. The predicted molar refractivity (Wildman–Crippen MR) is 131 cm³/mol. The third kappa shape index (κ3) is 5.19. The Morgan fingerprint density at radius 1 is 0.971 bits per heavy atom. The lowest BCUT2D eigenvalue weighted by Crippen LogP contribution is -2.40. The smallest absolute Gasteiger partial charge is 0.407 e. The number of carboxylic acid groups (broad SMARTS) is 1. The summed E-state index contributed by atoms with van der Waals surface area (Å²) in [5.41, 5.74) is 4.76. The van der Waals surface area contributed by atoms with Crippen LogP contribution in [-0.2, 0) is 14.3 Å². The molecule has 2 atom stereocenters. The lowest BCUT2D eigenvalue weighted by atomic mass is 9.92. The van der Waals surface area contributed by atoms with Crippen LogP contribution in [0.2, 0.25) is 0 Å². The van der Waals surface area contributed by atoms with Crippen molar-refractivity contribution in [3.8, 4) is 11.1 Å². The van der Waals surface area contributed by atoms with Crippen LogP contribution in [0.25, 0.3) is 11.1 Å². The summed E-state index contributed by atoms with van der Waals surface area (Å²) in [6.07, 6.45) is 2.98. The van der Waals surface area contributed by atoms with Crippen molar-refractivity contribution in [2.75, 3.05) is 26.2 Å². The molecule has 0 radical (unpaired) electrons. The Hall–Kier alpha value is -3.35. The second kappa shape index (κ2) is 10.1. The number of piperidine rings is 1. The van der Waals surface area contributed by atoms with Crippen molar-refractivity contribution in [3.63, 3.8) is 0 Å². The normalized spacial score (nSPS) is 21.2. The molecular weight excluding hydrogens is 444 g/mol. The third-order valence-corrected chi connectivity index (χ3v) is 7.78. The van der Waals surface area contributed by atoms with Gasteiger partial charge in [-0.2, -0.15) is 0 Å². The third-order valence-electron chi connectivity index (χ3n) is 7.78. The second-order valence-electron chi connectivity index (χ2n) is 10.0. The first-order valence-electron chi connectivity index (χ1n) is 12.6. The fraction of sp³-hybridized carbons (Fsp3) is 0.464. The summed E-state index contributed by atoms with van der Waals surface area (Å²) < 4.78 is 5.59. The van der Waals surface area contributed by atoms with Gasteiger partial charge in [-0.15, -0.1) is 0 Å². The van der Waals surface area contributed by atoms with Crippen molar-refractivity contribution in [3.05, 3.63) is 59.7 Å². The average molecular weight is 477 g/mol. The molecule has 2 fully saturated rings. The average Bonchev–Trinajstić information content (AvgIpc) is 3.59. The number of amides is 2. The summed E-state index contributed by atoms with van der Waals surface area (Å²) in [4.78, 5) is 37.9. The molecule has 35 heavy (non-hydrogen) atoms. The van der Waals surface area contributed by atoms with Gasteiger partial charge in [0, 0.05) is 37.9 Å². The Kier molecular flexibility index (Phi) is 6.75. The van der Waals surface area contributed by atoms with E-state index in [0.717, 1.165) is 19.3 Å². The molecule has 0 bridgehead atoms. The maximum atomic E-state index is 12.8. The molecule has 7 nitrogen and oxygen atoms in total. The molecule has 3 aliphatic rings. The highest BCUT2D eigenvalue weighted by Crippen LogP contribution is 2.44. The molecule has 0 unspecified atom stereocenters. The first-order chi connectivity index (χ1) is 17.0. The van der Waals surface area contributed by atoms with Crippen LogP contribution in [0.1, 0.15) is 49.1 Å². The lowest BCUT2D eigenvalue weighted by Gasteiger charge is -2.32. The number of nitrogens with zero attached hydrogens (tertiary/aromatic N) is 1. The first-order valence-corrected chi connectivity index (χ1v) is 12.6. The van der Waals surface area contributed by atoms with Crippen molar-refractivity contribution >= 4 is 18.0 Å². The SMILES string of the molecule is O=C(O)CCC1CCN(C(=O)[C@@H]2C[C@@H]2CNC(=O)OCC2c3ccccc3-c3ccccc32)CC1. The number of carboxylic acids is 1. The lowest BCUT2D eigenvalue weighted by molar-refractivity contribution is -0.138. The van der Waals surface area contributed by atoms with Gasteiger partial charge in [0.2, 0.25) is 5.91 Å². The van der Waals surface area contributed by atoms with Crippen LogP contribution in [0, 0.1) is 17.8 Å². The van der Waals surface area contributed by atoms with Crippen LogP contribution >= 0.6 is 0 Å². The maximum absolute atomic E-state index is 12.8. The van der Waals surface area contributed by atoms with Gasteiger partial charge in [0.05, 0.1) is 0 Å². The van der Waals surface area contributed by atoms with E-state index >= 15 is 0 Å². The molecule has 2 aliphatic carbocycles. The summed E-state index contributed by atoms with van der Waals surface area (Å²) >= 11 is 0. The van der Waals surface area contributed by atoms with Gasteiger partial charge >= 0.3 is 12.1 Å². The van der Waals surface area contributed by atoms with Gasteiger partial charge in [0.1, 0.15) is 6.61 Å². The Labute approximate surface area is 205 Å². The van der Waals surface area contributed by atoms with Gasteiger partial charge in [-0.05, 0) is 59.8 Å². The monoisotopic (exact) mass is 476 g/mol. The summed E-state index contributed by atoms with van der Waals surface area (Å²) in [5.74, 6) is -0.0383. The van der Waals surface area contributed by atoms with E-state index in [1.165, 1.54) is 22.3 Å². The largest absolute Gasteiger partial charge is 0.481 e. The zero-order valence-corrected chi connectivity index (χ0v) is 19.8. The Balaban J connectivity index is 1.05.